The molecular formula is C22H29AsGe. The first kappa shape index (κ1) is 19.4. The molecular weight excluding hydrogens is 412 g/mol. The van der Waals surface area contributed by atoms with Crippen LogP contribution in [0.15, 0.2) is 48.5 Å². The van der Waals surface area contributed by atoms with Crippen molar-refractivity contribution in [2.45, 2.75) is 50.4 Å². The van der Waals surface area contributed by atoms with Gasteiger partial charge in [0, 0.05) is 0 Å². The Morgan fingerprint density at radius 2 is 1.17 bits per heavy atom. The van der Waals surface area contributed by atoms with Gasteiger partial charge >= 0.3 is 156 Å². The van der Waals surface area contributed by atoms with Crippen LogP contribution in [0, 0.1) is 23.3 Å². The van der Waals surface area contributed by atoms with Crippen LogP contribution in [0.4, 0.5) is 0 Å². The predicted molar refractivity (Wildman–Crippen MR) is 112 cm³/mol. The van der Waals surface area contributed by atoms with E-state index in [0.717, 1.165) is 0 Å². The molecule has 0 aliphatic rings. The van der Waals surface area contributed by atoms with Crippen LogP contribution in [0.3, 0.4) is 0 Å². The first-order valence-electron chi connectivity index (χ1n) is 9.01. The molecule has 0 fully saturated rings. The van der Waals surface area contributed by atoms with Gasteiger partial charge in [-0.1, -0.05) is 0 Å². The van der Waals surface area contributed by atoms with Gasteiger partial charge < -0.3 is 0 Å². The van der Waals surface area contributed by atoms with Crippen molar-refractivity contribution in [3.8, 4) is 9.46 Å². The Bertz CT molecular complexity index is 681. The van der Waals surface area contributed by atoms with Crippen LogP contribution in [0.1, 0.15) is 31.9 Å². The molecule has 0 aliphatic heterocycles. The predicted octanol–water partition coefficient (Wildman–Crippen LogP) is 4.50. The van der Waals surface area contributed by atoms with Crippen LogP contribution in [0.2, 0.25) is 15.8 Å². The van der Waals surface area contributed by atoms with E-state index < -0.39 is 27.9 Å². The second kappa shape index (κ2) is 8.98. The molecule has 24 heavy (non-hydrogen) atoms. The van der Waals surface area contributed by atoms with E-state index in [1.54, 1.807) is 0 Å². The van der Waals surface area contributed by atoms with Gasteiger partial charge in [0.05, 0.1) is 0 Å². The molecule has 0 aliphatic carbocycles. The minimum atomic E-state index is -1.96. The Balaban J connectivity index is 2.58. The van der Waals surface area contributed by atoms with Crippen molar-refractivity contribution in [3.63, 3.8) is 0 Å². The topological polar surface area (TPSA) is 0 Å². The zero-order chi connectivity index (χ0) is 17.6. The van der Waals surface area contributed by atoms with Crippen molar-refractivity contribution in [2.24, 2.45) is 0 Å². The fourth-order valence-electron chi connectivity index (χ4n) is 3.07. The average Bonchev–Trinajstić information content (AvgIpc) is 2.62. The maximum atomic E-state index is 3.94. The molecule has 2 aromatic carbocycles. The summed E-state index contributed by atoms with van der Waals surface area (Å²) in [6.45, 7) is 11.6. The molecule has 0 atom stereocenters. The van der Waals surface area contributed by atoms with E-state index >= 15 is 0 Å². The molecule has 2 rings (SSSR count). The third-order valence-electron chi connectivity index (χ3n) is 5.18. The number of benzene rings is 2. The standard InChI is InChI=1S/C22H29AsGe/c1-6-24(7-2,8-3)18-17-23(21-15-11-9-13-19(21)4)22-16-12-10-14-20(22)5/h9-16H,6-8H2,1-5H3. The van der Waals surface area contributed by atoms with Crippen molar-refractivity contribution in [1.29, 1.82) is 0 Å². The van der Waals surface area contributed by atoms with E-state index in [0.29, 0.717) is 0 Å². The average molecular weight is 441 g/mol. The summed E-state index contributed by atoms with van der Waals surface area (Å²) in [6, 6.07) is 17.8. The first-order valence-corrected chi connectivity index (χ1v) is 17.3. The Morgan fingerprint density at radius 1 is 0.750 bits per heavy atom. The number of hydrogen-bond donors (Lipinski definition) is 0. The summed E-state index contributed by atoms with van der Waals surface area (Å²) in [5.41, 5.74) is 2.80. The van der Waals surface area contributed by atoms with Gasteiger partial charge in [-0.25, -0.2) is 0 Å². The number of hydrogen-bond acceptors (Lipinski definition) is 0. The summed E-state index contributed by atoms with van der Waals surface area (Å²) in [4.78, 5) is 0. The summed E-state index contributed by atoms with van der Waals surface area (Å²) in [5.74, 6) is 0. The molecule has 0 heterocycles. The van der Waals surface area contributed by atoms with Gasteiger partial charge in [-0.2, -0.15) is 0 Å². The molecule has 2 aromatic rings. The van der Waals surface area contributed by atoms with Crippen LogP contribution in [-0.4, -0.2) is 27.9 Å². The van der Waals surface area contributed by atoms with Crippen LogP contribution in [0.25, 0.3) is 0 Å². The van der Waals surface area contributed by atoms with Crippen molar-refractivity contribution in [2.75, 3.05) is 0 Å². The van der Waals surface area contributed by atoms with Crippen molar-refractivity contribution >= 4 is 36.6 Å². The molecule has 2 heteroatoms. The Hall–Kier alpha value is -0.899. The van der Waals surface area contributed by atoms with E-state index in [1.807, 2.05) is 0 Å². The van der Waals surface area contributed by atoms with Gasteiger partial charge in [-0.15, -0.1) is 0 Å². The SMILES string of the molecule is C[CH2][Ge]([C]#C[As](c1ccccc1C)c1ccccc1C)([CH2]C)[CH2]C. The molecule has 0 saturated heterocycles. The molecule has 126 valence electrons. The van der Waals surface area contributed by atoms with Gasteiger partial charge in [0.25, 0.3) is 0 Å². The Morgan fingerprint density at radius 3 is 1.54 bits per heavy atom. The molecule has 0 unspecified atom stereocenters. The summed E-state index contributed by atoms with van der Waals surface area (Å²) in [7, 11) is 0. The number of rotatable bonds is 5. The summed E-state index contributed by atoms with van der Waals surface area (Å²) in [6.07, 6.45) is 0. The monoisotopic (exact) mass is 442 g/mol. The van der Waals surface area contributed by atoms with Crippen molar-refractivity contribution in [1.82, 2.24) is 0 Å². The van der Waals surface area contributed by atoms with Crippen LogP contribution < -0.4 is 8.70 Å². The fraction of sp³-hybridized carbons (Fsp3) is 0.364. The Kier molecular flexibility index (Phi) is 7.27. The van der Waals surface area contributed by atoms with Gasteiger partial charge in [0.15, 0.2) is 0 Å². The quantitative estimate of drug-likeness (QED) is 0.474. The Labute approximate surface area is 155 Å². The number of aryl methyl sites for hydroxylation is 2. The normalized spacial score (nSPS) is 11.2. The van der Waals surface area contributed by atoms with Crippen molar-refractivity contribution < 1.29 is 0 Å². The van der Waals surface area contributed by atoms with Crippen LogP contribution in [0.5, 0.6) is 0 Å². The molecule has 0 amide bonds. The minimum absolute atomic E-state index is 1.32. The van der Waals surface area contributed by atoms with Crippen LogP contribution >= 0.6 is 0 Å². The molecule has 0 N–H and O–H groups in total. The second-order valence-corrected chi connectivity index (χ2v) is 20.7. The van der Waals surface area contributed by atoms with Gasteiger partial charge in [0.1, 0.15) is 0 Å². The molecule has 0 aromatic heterocycles. The van der Waals surface area contributed by atoms with Crippen molar-refractivity contribution in [3.05, 3.63) is 59.7 Å². The van der Waals surface area contributed by atoms with Gasteiger partial charge in [-0.05, 0) is 0 Å². The van der Waals surface area contributed by atoms with E-state index in [-0.39, 0.29) is 0 Å². The second-order valence-electron chi connectivity index (χ2n) is 6.49. The van der Waals surface area contributed by atoms with Gasteiger partial charge in [-0.3, -0.25) is 0 Å². The van der Waals surface area contributed by atoms with E-state index in [2.05, 4.69) is 92.6 Å². The zero-order valence-corrected chi connectivity index (χ0v) is 19.7. The van der Waals surface area contributed by atoms with Crippen LogP contribution in [-0.2, 0) is 0 Å². The molecule has 0 bridgehead atoms. The third kappa shape index (κ3) is 4.38. The van der Waals surface area contributed by atoms with E-state index in [4.69, 9.17) is 0 Å². The van der Waals surface area contributed by atoms with E-state index in [1.165, 1.54) is 35.6 Å². The molecule has 0 saturated carbocycles. The maximum absolute atomic E-state index is 3.94. The van der Waals surface area contributed by atoms with E-state index in [9.17, 15) is 0 Å². The summed E-state index contributed by atoms with van der Waals surface area (Å²) >= 11 is -3.53. The fourth-order valence-corrected chi connectivity index (χ4v) is 15.7. The first-order chi connectivity index (χ1) is 11.6. The molecule has 0 nitrogen and oxygen atoms in total. The molecule has 0 spiro atoms. The summed E-state index contributed by atoms with van der Waals surface area (Å²) in [5, 5.41) is 3.97. The van der Waals surface area contributed by atoms with Gasteiger partial charge in [0.2, 0.25) is 0 Å². The third-order valence-corrected chi connectivity index (χ3v) is 20.9. The molecule has 0 radical (unpaired) electrons. The zero-order valence-electron chi connectivity index (χ0n) is 15.7. The summed E-state index contributed by atoms with van der Waals surface area (Å²) < 4.78 is 10.9.